The number of nitrogens with zero attached hydrogens (tertiary/aromatic N) is 1. The molecule has 0 heterocycles. The molecule has 0 amide bonds. The van der Waals surface area contributed by atoms with Gasteiger partial charge in [-0.25, -0.2) is 8.42 Å². The number of benzene rings is 1. The lowest BCUT2D eigenvalue weighted by Crippen LogP contribution is -2.34. The first-order chi connectivity index (χ1) is 8.43. The Bertz CT molecular complexity index is 497. The molecule has 0 unspecified atom stereocenters. The molecular formula is C12H17Cl2NO2S. The fraction of sp³-hybridized carbons (Fsp3) is 0.500. The van der Waals surface area contributed by atoms with Crippen LogP contribution in [0.25, 0.3) is 0 Å². The second kappa shape index (κ2) is 6.75. The van der Waals surface area contributed by atoms with Crippen LogP contribution in [0.4, 0.5) is 0 Å². The summed E-state index contributed by atoms with van der Waals surface area (Å²) in [5.41, 5.74) is 1.64. The molecule has 1 aromatic carbocycles. The van der Waals surface area contributed by atoms with E-state index in [0.29, 0.717) is 4.90 Å². The van der Waals surface area contributed by atoms with Crippen LogP contribution in [0.1, 0.15) is 11.1 Å². The number of hydrogen-bond acceptors (Lipinski definition) is 2. The Hall–Kier alpha value is -0.290. The van der Waals surface area contributed by atoms with Gasteiger partial charge in [0.25, 0.3) is 0 Å². The van der Waals surface area contributed by atoms with Crippen molar-refractivity contribution in [1.82, 2.24) is 4.31 Å². The Morgan fingerprint density at radius 1 is 1.11 bits per heavy atom. The normalized spacial score (nSPS) is 12.1. The first kappa shape index (κ1) is 15.8. The Balaban J connectivity index is 3.21. The van der Waals surface area contributed by atoms with Crippen LogP contribution in [0, 0.1) is 13.8 Å². The molecule has 0 bridgehead atoms. The van der Waals surface area contributed by atoms with E-state index >= 15 is 0 Å². The zero-order valence-electron chi connectivity index (χ0n) is 10.5. The van der Waals surface area contributed by atoms with Gasteiger partial charge in [-0.05, 0) is 31.0 Å². The van der Waals surface area contributed by atoms with Crippen molar-refractivity contribution in [1.29, 1.82) is 0 Å². The highest BCUT2D eigenvalue weighted by atomic mass is 35.5. The van der Waals surface area contributed by atoms with E-state index in [2.05, 4.69) is 0 Å². The van der Waals surface area contributed by atoms with Gasteiger partial charge in [-0.15, -0.1) is 23.2 Å². The van der Waals surface area contributed by atoms with Crippen molar-refractivity contribution < 1.29 is 8.42 Å². The Morgan fingerprint density at radius 3 is 2.17 bits per heavy atom. The van der Waals surface area contributed by atoms with Gasteiger partial charge in [0.2, 0.25) is 10.0 Å². The third-order valence-electron chi connectivity index (χ3n) is 2.63. The maximum Gasteiger partial charge on any atom is 0.243 e. The molecule has 0 aliphatic rings. The van der Waals surface area contributed by atoms with Gasteiger partial charge in [0, 0.05) is 24.8 Å². The standard InChI is InChI=1S/C12H17Cl2NO2S/c1-10-3-4-11(2)12(9-10)18(16,17)15(7-5-13)8-6-14/h3-4,9H,5-8H2,1-2H3. The van der Waals surface area contributed by atoms with Crippen molar-refractivity contribution in [2.45, 2.75) is 18.7 Å². The van der Waals surface area contributed by atoms with Crippen molar-refractivity contribution in [2.24, 2.45) is 0 Å². The Labute approximate surface area is 119 Å². The fourth-order valence-electron chi connectivity index (χ4n) is 1.66. The summed E-state index contributed by atoms with van der Waals surface area (Å²) in [6, 6.07) is 5.38. The number of hydrogen-bond donors (Lipinski definition) is 0. The van der Waals surface area contributed by atoms with Gasteiger partial charge in [0.1, 0.15) is 0 Å². The van der Waals surface area contributed by atoms with Crippen molar-refractivity contribution >= 4 is 33.2 Å². The Kier molecular flexibility index (Phi) is 5.92. The third kappa shape index (κ3) is 3.60. The monoisotopic (exact) mass is 309 g/mol. The predicted octanol–water partition coefficient (Wildman–Crippen LogP) is 2.77. The summed E-state index contributed by atoms with van der Waals surface area (Å²) in [5.74, 6) is 0.502. The second-order valence-electron chi connectivity index (χ2n) is 4.05. The van der Waals surface area contributed by atoms with E-state index in [1.807, 2.05) is 19.1 Å². The highest BCUT2D eigenvalue weighted by Crippen LogP contribution is 2.21. The van der Waals surface area contributed by atoms with E-state index in [0.717, 1.165) is 11.1 Å². The number of rotatable bonds is 6. The summed E-state index contributed by atoms with van der Waals surface area (Å²) in [4.78, 5) is 0.331. The minimum atomic E-state index is -3.51. The predicted molar refractivity (Wildman–Crippen MR) is 76.1 cm³/mol. The second-order valence-corrected chi connectivity index (χ2v) is 6.71. The molecule has 0 saturated heterocycles. The highest BCUT2D eigenvalue weighted by Gasteiger charge is 2.25. The van der Waals surface area contributed by atoms with Crippen LogP contribution in [0.5, 0.6) is 0 Å². The average molecular weight is 310 g/mol. The van der Waals surface area contributed by atoms with E-state index in [1.165, 1.54) is 4.31 Å². The summed E-state index contributed by atoms with van der Waals surface area (Å²) in [7, 11) is -3.51. The molecule has 0 saturated carbocycles. The lowest BCUT2D eigenvalue weighted by Gasteiger charge is -2.21. The molecule has 0 N–H and O–H groups in total. The van der Waals surface area contributed by atoms with Gasteiger partial charge in [-0.3, -0.25) is 0 Å². The van der Waals surface area contributed by atoms with Crippen molar-refractivity contribution in [3.63, 3.8) is 0 Å². The zero-order valence-corrected chi connectivity index (χ0v) is 12.8. The lowest BCUT2D eigenvalue weighted by atomic mass is 10.2. The molecule has 0 fully saturated rings. The molecular weight excluding hydrogens is 293 g/mol. The van der Waals surface area contributed by atoms with Crippen LogP contribution in [0.15, 0.2) is 23.1 Å². The van der Waals surface area contributed by atoms with E-state index in [9.17, 15) is 8.42 Å². The molecule has 18 heavy (non-hydrogen) atoms. The molecule has 0 radical (unpaired) electrons. The van der Waals surface area contributed by atoms with Gasteiger partial charge < -0.3 is 0 Å². The molecule has 1 rings (SSSR count). The van der Waals surface area contributed by atoms with Crippen LogP contribution in [0.2, 0.25) is 0 Å². The van der Waals surface area contributed by atoms with Crippen molar-refractivity contribution in [2.75, 3.05) is 24.8 Å². The van der Waals surface area contributed by atoms with E-state index < -0.39 is 10.0 Å². The van der Waals surface area contributed by atoms with Gasteiger partial charge in [0.15, 0.2) is 0 Å². The van der Waals surface area contributed by atoms with Crippen LogP contribution in [0.3, 0.4) is 0 Å². The average Bonchev–Trinajstić information content (AvgIpc) is 2.32. The van der Waals surface area contributed by atoms with Crippen LogP contribution in [-0.4, -0.2) is 37.6 Å². The molecule has 0 aliphatic carbocycles. The summed E-state index contributed by atoms with van der Waals surface area (Å²) in [6.45, 7) is 4.19. The highest BCUT2D eigenvalue weighted by molar-refractivity contribution is 7.89. The summed E-state index contributed by atoms with van der Waals surface area (Å²) >= 11 is 11.3. The van der Waals surface area contributed by atoms with Gasteiger partial charge in [-0.1, -0.05) is 12.1 Å². The number of alkyl halides is 2. The van der Waals surface area contributed by atoms with E-state index in [1.54, 1.807) is 13.0 Å². The van der Waals surface area contributed by atoms with Gasteiger partial charge in [-0.2, -0.15) is 4.31 Å². The lowest BCUT2D eigenvalue weighted by molar-refractivity contribution is 0.448. The summed E-state index contributed by atoms with van der Waals surface area (Å²) in [6.07, 6.45) is 0. The smallest absolute Gasteiger partial charge is 0.207 e. The van der Waals surface area contributed by atoms with Crippen LogP contribution in [-0.2, 0) is 10.0 Å². The molecule has 0 atom stereocenters. The Morgan fingerprint density at radius 2 is 1.67 bits per heavy atom. The molecule has 0 spiro atoms. The van der Waals surface area contributed by atoms with E-state index in [-0.39, 0.29) is 24.8 Å². The van der Waals surface area contributed by atoms with Crippen molar-refractivity contribution in [3.8, 4) is 0 Å². The fourth-order valence-corrected chi connectivity index (χ4v) is 4.02. The van der Waals surface area contributed by atoms with Crippen molar-refractivity contribution in [3.05, 3.63) is 29.3 Å². The molecule has 1 aromatic rings. The first-order valence-corrected chi connectivity index (χ1v) is 8.13. The molecule has 6 heteroatoms. The minimum absolute atomic E-state index is 0.251. The molecule has 0 aromatic heterocycles. The van der Waals surface area contributed by atoms with Crippen LogP contribution >= 0.6 is 23.2 Å². The summed E-state index contributed by atoms with van der Waals surface area (Å²) in [5, 5.41) is 0. The van der Waals surface area contributed by atoms with Crippen LogP contribution < -0.4 is 0 Å². The molecule has 102 valence electrons. The number of sulfonamides is 1. The summed E-state index contributed by atoms with van der Waals surface area (Å²) < 4.78 is 26.3. The van der Waals surface area contributed by atoms with Gasteiger partial charge in [0.05, 0.1) is 4.90 Å². The topological polar surface area (TPSA) is 37.4 Å². The minimum Gasteiger partial charge on any atom is -0.207 e. The number of halogens is 2. The van der Waals surface area contributed by atoms with E-state index in [4.69, 9.17) is 23.2 Å². The molecule has 0 aliphatic heterocycles. The first-order valence-electron chi connectivity index (χ1n) is 5.63. The maximum absolute atomic E-state index is 12.5. The molecule has 3 nitrogen and oxygen atoms in total. The maximum atomic E-state index is 12.5. The zero-order chi connectivity index (χ0) is 13.8. The van der Waals surface area contributed by atoms with Gasteiger partial charge >= 0.3 is 0 Å². The quantitative estimate of drug-likeness (QED) is 0.758. The number of aryl methyl sites for hydroxylation is 2. The third-order valence-corrected chi connectivity index (χ3v) is 5.01. The SMILES string of the molecule is Cc1ccc(C)c(S(=O)(=O)N(CCCl)CCCl)c1. The largest absolute Gasteiger partial charge is 0.243 e.